The Bertz CT molecular complexity index is 820. The van der Waals surface area contributed by atoms with Gasteiger partial charge in [-0.1, -0.05) is 49.4 Å². The SMILES string of the molecule is CCC1(C)CC(CCN(Cc2ccccc2)C(C)=O)(c2ccc(OC)cc2)CCO1. The van der Waals surface area contributed by atoms with Crippen molar-refractivity contribution in [1.29, 1.82) is 0 Å². The molecule has 0 N–H and O–H groups in total. The van der Waals surface area contributed by atoms with Gasteiger partial charge in [0.25, 0.3) is 0 Å². The number of ether oxygens (including phenoxy) is 2. The molecule has 1 heterocycles. The maximum atomic E-state index is 12.4. The molecule has 0 aromatic heterocycles. The van der Waals surface area contributed by atoms with Gasteiger partial charge in [0.15, 0.2) is 0 Å². The van der Waals surface area contributed by atoms with Crippen LogP contribution in [0, 0.1) is 0 Å². The minimum atomic E-state index is -0.140. The summed E-state index contributed by atoms with van der Waals surface area (Å²) in [5.41, 5.74) is 2.32. The second-order valence-corrected chi connectivity index (χ2v) is 8.76. The summed E-state index contributed by atoms with van der Waals surface area (Å²) in [7, 11) is 1.70. The maximum Gasteiger partial charge on any atom is 0.219 e. The number of amides is 1. The van der Waals surface area contributed by atoms with Gasteiger partial charge in [0.2, 0.25) is 5.91 Å². The van der Waals surface area contributed by atoms with Gasteiger partial charge in [0, 0.05) is 32.0 Å². The lowest BCUT2D eigenvalue weighted by Crippen LogP contribution is -2.47. The number of hydrogen-bond donors (Lipinski definition) is 0. The van der Waals surface area contributed by atoms with Gasteiger partial charge in [-0.25, -0.2) is 0 Å². The number of hydrogen-bond acceptors (Lipinski definition) is 3. The topological polar surface area (TPSA) is 38.8 Å². The van der Waals surface area contributed by atoms with E-state index in [9.17, 15) is 4.79 Å². The van der Waals surface area contributed by atoms with E-state index in [0.717, 1.165) is 50.1 Å². The summed E-state index contributed by atoms with van der Waals surface area (Å²) in [5, 5.41) is 0. The highest BCUT2D eigenvalue weighted by Crippen LogP contribution is 2.45. The third kappa shape index (κ3) is 5.23. The molecule has 2 unspecified atom stereocenters. The molecule has 0 radical (unpaired) electrons. The van der Waals surface area contributed by atoms with Crippen molar-refractivity contribution in [1.82, 2.24) is 4.90 Å². The van der Waals surface area contributed by atoms with Crippen molar-refractivity contribution in [3.63, 3.8) is 0 Å². The van der Waals surface area contributed by atoms with Crippen LogP contribution < -0.4 is 4.74 Å². The van der Waals surface area contributed by atoms with Crippen molar-refractivity contribution in [2.45, 2.75) is 64.0 Å². The molecular weight excluding hydrogens is 374 g/mol. The van der Waals surface area contributed by atoms with E-state index in [1.54, 1.807) is 14.0 Å². The molecule has 0 spiro atoms. The summed E-state index contributed by atoms with van der Waals surface area (Å²) in [6.45, 7) is 8.21. The van der Waals surface area contributed by atoms with Gasteiger partial charge in [0.1, 0.15) is 5.75 Å². The Morgan fingerprint density at radius 1 is 1.13 bits per heavy atom. The predicted molar refractivity (Wildman–Crippen MR) is 121 cm³/mol. The van der Waals surface area contributed by atoms with Crippen LogP contribution in [-0.2, 0) is 21.5 Å². The Morgan fingerprint density at radius 2 is 1.83 bits per heavy atom. The largest absolute Gasteiger partial charge is 0.497 e. The molecule has 2 aromatic rings. The standard InChI is InChI=1S/C26H35NO3/c1-5-25(3)20-26(16-18-30-25,23-11-13-24(29-4)14-12-23)15-17-27(21(2)28)19-22-9-7-6-8-10-22/h6-14H,5,15-20H2,1-4H3. The van der Waals surface area contributed by atoms with Gasteiger partial charge in [-0.05, 0) is 55.9 Å². The summed E-state index contributed by atoms with van der Waals surface area (Å²) in [5.74, 6) is 0.989. The summed E-state index contributed by atoms with van der Waals surface area (Å²) < 4.78 is 11.6. The Hall–Kier alpha value is -2.33. The second-order valence-electron chi connectivity index (χ2n) is 8.76. The van der Waals surface area contributed by atoms with Crippen LogP contribution in [0.1, 0.15) is 57.6 Å². The molecule has 30 heavy (non-hydrogen) atoms. The van der Waals surface area contributed by atoms with Crippen LogP contribution in [0.3, 0.4) is 0 Å². The monoisotopic (exact) mass is 409 g/mol. The van der Waals surface area contributed by atoms with Crippen LogP contribution >= 0.6 is 0 Å². The first-order valence-electron chi connectivity index (χ1n) is 11.0. The zero-order valence-corrected chi connectivity index (χ0v) is 18.8. The van der Waals surface area contributed by atoms with Gasteiger partial charge in [-0.15, -0.1) is 0 Å². The van der Waals surface area contributed by atoms with Gasteiger partial charge < -0.3 is 14.4 Å². The molecular formula is C26H35NO3. The molecule has 4 nitrogen and oxygen atoms in total. The maximum absolute atomic E-state index is 12.4. The van der Waals surface area contributed by atoms with E-state index < -0.39 is 0 Å². The third-order valence-corrected chi connectivity index (χ3v) is 6.72. The van der Waals surface area contributed by atoms with Gasteiger partial charge in [0.05, 0.1) is 12.7 Å². The molecule has 2 atom stereocenters. The van der Waals surface area contributed by atoms with E-state index in [1.807, 2.05) is 35.2 Å². The van der Waals surface area contributed by atoms with Crippen LogP contribution in [0.25, 0.3) is 0 Å². The van der Waals surface area contributed by atoms with E-state index in [0.29, 0.717) is 6.54 Å². The van der Waals surface area contributed by atoms with Crippen molar-refractivity contribution >= 4 is 5.91 Å². The molecule has 1 aliphatic rings. The first-order valence-corrected chi connectivity index (χ1v) is 11.0. The van der Waals surface area contributed by atoms with Crippen LogP contribution in [0.4, 0.5) is 0 Å². The van der Waals surface area contributed by atoms with Gasteiger partial charge in [-0.2, -0.15) is 0 Å². The molecule has 4 heteroatoms. The van der Waals surface area contributed by atoms with Gasteiger partial charge in [-0.3, -0.25) is 4.79 Å². The minimum Gasteiger partial charge on any atom is -0.497 e. The predicted octanol–water partition coefficient (Wildman–Crippen LogP) is 5.35. The van der Waals surface area contributed by atoms with Crippen molar-refractivity contribution in [2.75, 3.05) is 20.3 Å². The molecule has 162 valence electrons. The van der Waals surface area contributed by atoms with Crippen LogP contribution in [0.15, 0.2) is 54.6 Å². The molecule has 1 fully saturated rings. The number of methoxy groups -OCH3 is 1. The lowest BCUT2D eigenvalue weighted by atomic mass is 9.66. The quantitative estimate of drug-likeness (QED) is 0.590. The third-order valence-electron chi connectivity index (χ3n) is 6.72. The van der Waals surface area contributed by atoms with Crippen molar-refractivity contribution in [2.24, 2.45) is 0 Å². The van der Waals surface area contributed by atoms with Crippen molar-refractivity contribution in [3.05, 3.63) is 65.7 Å². The molecule has 0 bridgehead atoms. The van der Waals surface area contributed by atoms with Crippen LogP contribution in [-0.4, -0.2) is 36.7 Å². The van der Waals surface area contributed by atoms with Crippen molar-refractivity contribution < 1.29 is 14.3 Å². The number of carbonyl (C=O) groups excluding carboxylic acids is 1. The molecule has 1 amide bonds. The molecule has 0 saturated carbocycles. The smallest absolute Gasteiger partial charge is 0.219 e. The Labute approximate surface area is 181 Å². The average Bonchev–Trinajstić information content (AvgIpc) is 2.77. The Balaban J connectivity index is 1.85. The molecule has 1 aliphatic heterocycles. The number of carbonyl (C=O) groups is 1. The normalized spacial score (nSPS) is 23.7. The lowest BCUT2D eigenvalue weighted by molar-refractivity contribution is -0.130. The Kier molecular flexibility index (Phi) is 7.19. The zero-order chi connectivity index (χ0) is 21.6. The van der Waals surface area contributed by atoms with E-state index >= 15 is 0 Å². The van der Waals surface area contributed by atoms with E-state index in [-0.39, 0.29) is 16.9 Å². The van der Waals surface area contributed by atoms with E-state index in [4.69, 9.17) is 9.47 Å². The summed E-state index contributed by atoms with van der Waals surface area (Å²) >= 11 is 0. The van der Waals surface area contributed by atoms with Gasteiger partial charge >= 0.3 is 0 Å². The summed E-state index contributed by atoms with van der Waals surface area (Å²) in [4.78, 5) is 14.4. The lowest BCUT2D eigenvalue weighted by Gasteiger charge is -2.47. The Morgan fingerprint density at radius 3 is 2.43 bits per heavy atom. The molecule has 3 rings (SSSR count). The highest BCUT2D eigenvalue weighted by atomic mass is 16.5. The van der Waals surface area contributed by atoms with Crippen molar-refractivity contribution in [3.8, 4) is 5.75 Å². The number of rotatable bonds is 8. The highest BCUT2D eigenvalue weighted by molar-refractivity contribution is 5.73. The van der Waals surface area contributed by atoms with E-state index in [2.05, 4.69) is 38.1 Å². The first kappa shape index (κ1) is 22.4. The summed E-state index contributed by atoms with van der Waals surface area (Å²) in [6.07, 6.45) is 3.82. The van der Waals surface area contributed by atoms with Crippen LogP contribution in [0.2, 0.25) is 0 Å². The van der Waals surface area contributed by atoms with E-state index in [1.165, 1.54) is 5.56 Å². The number of benzene rings is 2. The van der Waals surface area contributed by atoms with Crippen LogP contribution in [0.5, 0.6) is 5.75 Å². The molecule has 0 aliphatic carbocycles. The molecule has 2 aromatic carbocycles. The highest BCUT2D eigenvalue weighted by Gasteiger charge is 2.43. The zero-order valence-electron chi connectivity index (χ0n) is 18.8. The molecule has 1 saturated heterocycles. The second kappa shape index (κ2) is 9.65. The number of nitrogens with zero attached hydrogens (tertiary/aromatic N) is 1. The fourth-order valence-corrected chi connectivity index (χ4v) is 4.62. The fraction of sp³-hybridized carbons (Fsp3) is 0.500. The minimum absolute atomic E-state index is 0.0142. The summed E-state index contributed by atoms with van der Waals surface area (Å²) in [6, 6.07) is 18.7. The fourth-order valence-electron chi connectivity index (χ4n) is 4.62. The first-order chi connectivity index (χ1) is 14.4. The average molecular weight is 410 g/mol.